The summed E-state index contributed by atoms with van der Waals surface area (Å²) in [5, 5.41) is 2.80. The Hall–Kier alpha value is -2.59. The minimum atomic E-state index is -3.94. The third-order valence-corrected chi connectivity index (χ3v) is 8.07. The van der Waals surface area contributed by atoms with Crippen LogP contribution in [0.1, 0.15) is 11.1 Å². The van der Waals surface area contributed by atoms with Gasteiger partial charge >= 0.3 is 0 Å². The number of carbonyl (C=O) groups excluding carboxylic acids is 2. The van der Waals surface area contributed by atoms with E-state index >= 15 is 0 Å². The van der Waals surface area contributed by atoms with Crippen molar-refractivity contribution < 1.29 is 18.0 Å². The van der Waals surface area contributed by atoms with Gasteiger partial charge in [0.05, 0.1) is 22.0 Å². The number of likely N-dealkylation sites (N-methyl/N-ethyl adjacent to an activating group) is 1. The molecule has 1 atom stereocenters. The SMILES string of the molecule is CNC(=O)[C@H](Cc1ccccc1)N(Cc1cccc(Br)c1)C(=O)CN(c1cccc(Cl)c1Cl)S(C)(=O)=O. The van der Waals surface area contributed by atoms with Gasteiger partial charge in [-0.15, -0.1) is 0 Å². The first-order valence-corrected chi connectivity index (χ1v) is 14.6. The molecule has 1 N–H and O–H groups in total. The molecule has 3 aromatic rings. The van der Waals surface area contributed by atoms with E-state index in [4.69, 9.17) is 23.2 Å². The number of carbonyl (C=O) groups is 2. The van der Waals surface area contributed by atoms with Gasteiger partial charge in [0, 0.05) is 24.5 Å². The molecule has 3 aromatic carbocycles. The average molecular weight is 627 g/mol. The second-order valence-electron chi connectivity index (χ2n) is 8.31. The highest BCUT2D eigenvalue weighted by Gasteiger charge is 2.33. The molecule has 2 amide bonds. The second kappa shape index (κ2) is 12.8. The van der Waals surface area contributed by atoms with Gasteiger partial charge in [0.1, 0.15) is 12.6 Å². The van der Waals surface area contributed by atoms with Gasteiger partial charge < -0.3 is 10.2 Å². The van der Waals surface area contributed by atoms with E-state index in [0.29, 0.717) is 0 Å². The normalized spacial score (nSPS) is 12.0. The van der Waals surface area contributed by atoms with Crippen molar-refractivity contribution in [3.8, 4) is 0 Å². The molecule has 0 aliphatic heterocycles. The molecular weight excluding hydrogens is 601 g/mol. The monoisotopic (exact) mass is 625 g/mol. The summed E-state index contributed by atoms with van der Waals surface area (Å²) in [5.41, 5.74) is 1.68. The summed E-state index contributed by atoms with van der Waals surface area (Å²) in [6.45, 7) is -0.501. The maximum atomic E-state index is 13.9. The van der Waals surface area contributed by atoms with Crippen LogP contribution in [0.4, 0.5) is 5.69 Å². The highest BCUT2D eigenvalue weighted by Crippen LogP contribution is 2.34. The lowest BCUT2D eigenvalue weighted by Crippen LogP contribution is -2.52. The third-order valence-electron chi connectivity index (χ3n) is 5.64. The summed E-state index contributed by atoms with van der Waals surface area (Å²) in [5.74, 6) is -0.954. The lowest BCUT2D eigenvalue weighted by Gasteiger charge is -2.33. The summed E-state index contributed by atoms with van der Waals surface area (Å²) in [4.78, 5) is 28.3. The van der Waals surface area contributed by atoms with Crippen molar-refractivity contribution in [1.82, 2.24) is 10.2 Å². The minimum absolute atomic E-state index is 0.00747. The topological polar surface area (TPSA) is 86.8 Å². The molecule has 0 heterocycles. The molecule has 0 aliphatic rings. The molecular formula is C26H26BrCl2N3O4S. The molecule has 0 unspecified atom stereocenters. The van der Waals surface area contributed by atoms with Crippen LogP contribution in [-0.2, 0) is 32.6 Å². The summed E-state index contributed by atoms with van der Waals surface area (Å²) in [7, 11) is -2.44. The fourth-order valence-electron chi connectivity index (χ4n) is 3.83. The van der Waals surface area contributed by atoms with E-state index in [0.717, 1.165) is 26.2 Å². The first kappa shape index (κ1) is 29.0. The van der Waals surface area contributed by atoms with Crippen molar-refractivity contribution in [2.45, 2.75) is 19.0 Å². The summed E-state index contributed by atoms with van der Waals surface area (Å²) < 4.78 is 27.3. The molecule has 0 radical (unpaired) electrons. The standard InChI is InChI=1S/C26H26BrCl2N3O4S/c1-30-26(34)23(15-18-8-4-3-5-9-18)31(16-19-10-6-11-20(27)14-19)24(33)17-32(37(2,35)36)22-13-7-12-21(28)25(22)29/h3-14,23H,15-17H2,1-2H3,(H,30,34)/t23-/m0/s1. The molecule has 0 saturated heterocycles. The van der Waals surface area contributed by atoms with Crippen molar-refractivity contribution >= 4 is 66.7 Å². The molecule has 7 nitrogen and oxygen atoms in total. The van der Waals surface area contributed by atoms with Crippen LogP contribution in [0.5, 0.6) is 0 Å². The Labute approximate surface area is 235 Å². The van der Waals surface area contributed by atoms with E-state index < -0.39 is 28.5 Å². The van der Waals surface area contributed by atoms with Crippen LogP contribution in [0.2, 0.25) is 10.0 Å². The number of sulfonamides is 1. The fourth-order valence-corrected chi connectivity index (χ4v) is 5.58. The van der Waals surface area contributed by atoms with Gasteiger partial charge in [-0.25, -0.2) is 8.42 Å². The van der Waals surface area contributed by atoms with Crippen LogP contribution in [0.15, 0.2) is 77.3 Å². The molecule has 0 aromatic heterocycles. The van der Waals surface area contributed by atoms with E-state index in [1.165, 1.54) is 24.1 Å². The van der Waals surface area contributed by atoms with Gasteiger partial charge in [0.2, 0.25) is 21.8 Å². The number of nitrogens with one attached hydrogen (secondary N) is 1. The summed E-state index contributed by atoms with van der Waals surface area (Å²) >= 11 is 15.9. The Bertz CT molecular complexity index is 1370. The van der Waals surface area contributed by atoms with Crippen LogP contribution in [0.3, 0.4) is 0 Å². The number of benzene rings is 3. The Balaban J connectivity index is 2.06. The van der Waals surface area contributed by atoms with Crippen molar-refractivity contribution in [2.24, 2.45) is 0 Å². The van der Waals surface area contributed by atoms with Crippen molar-refractivity contribution in [1.29, 1.82) is 0 Å². The van der Waals surface area contributed by atoms with E-state index in [1.807, 2.05) is 54.6 Å². The molecule has 37 heavy (non-hydrogen) atoms. The number of amides is 2. The Morgan fingerprint density at radius 1 is 0.973 bits per heavy atom. The highest BCUT2D eigenvalue weighted by molar-refractivity contribution is 9.10. The van der Waals surface area contributed by atoms with E-state index in [-0.39, 0.29) is 34.6 Å². The van der Waals surface area contributed by atoms with Gasteiger partial charge in [-0.2, -0.15) is 0 Å². The highest BCUT2D eigenvalue weighted by atomic mass is 79.9. The third kappa shape index (κ3) is 7.70. The lowest BCUT2D eigenvalue weighted by molar-refractivity contribution is -0.139. The number of rotatable bonds is 10. The molecule has 0 fully saturated rings. The van der Waals surface area contributed by atoms with E-state index in [1.54, 1.807) is 6.07 Å². The van der Waals surface area contributed by atoms with Crippen LogP contribution in [0, 0.1) is 0 Å². The maximum absolute atomic E-state index is 13.9. The van der Waals surface area contributed by atoms with Gasteiger partial charge in [0.15, 0.2) is 0 Å². The Morgan fingerprint density at radius 3 is 2.24 bits per heavy atom. The predicted molar refractivity (Wildman–Crippen MR) is 151 cm³/mol. The predicted octanol–water partition coefficient (Wildman–Crippen LogP) is 4.91. The number of anilines is 1. The van der Waals surface area contributed by atoms with Gasteiger partial charge in [0.25, 0.3) is 0 Å². The lowest BCUT2D eigenvalue weighted by atomic mass is 10.0. The number of halogens is 3. The summed E-state index contributed by atoms with van der Waals surface area (Å²) in [6.07, 6.45) is 1.22. The molecule has 0 bridgehead atoms. The molecule has 0 saturated carbocycles. The van der Waals surface area contributed by atoms with Crippen molar-refractivity contribution in [3.63, 3.8) is 0 Å². The van der Waals surface area contributed by atoms with E-state index in [9.17, 15) is 18.0 Å². The molecule has 196 valence electrons. The van der Waals surface area contributed by atoms with E-state index in [2.05, 4.69) is 21.2 Å². The zero-order valence-corrected chi connectivity index (χ0v) is 24.1. The molecule has 0 aliphatic carbocycles. The number of hydrogen-bond donors (Lipinski definition) is 1. The first-order chi connectivity index (χ1) is 17.5. The minimum Gasteiger partial charge on any atom is -0.357 e. The van der Waals surface area contributed by atoms with Crippen LogP contribution >= 0.6 is 39.1 Å². The van der Waals surface area contributed by atoms with Crippen LogP contribution in [-0.4, -0.2) is 51.0 Å². The quantitative estimate of drug-likeness (QED) is 0.347. The van der Waals surface area contributed by atoms with Gasteiger partial charge in [-0.05, 0) is 35.4 Å². The first-order valence-electron chi connectivity index (χ1n) is 11.2. The number of hydrogen-bond acceptors (Lipinski definition) is 4. The van der Waals surface area contributed by atoms with Gasteiger partial charge in [-0.3, -0.25) is 13.9 Å². The second-order valence-corrected chi connectivity index (χ2v) is 11.9. The Morgan fingerprint density at radius 2 is 1.62 bits per heavy atom. The largest absolute Gasteiger partial charge is 0.357 e. The van der Waals surface area contributed by atoms with Crippen molar-refractivity contribution in [3.05, 3.63) is 98.4 Å². The Kier molecular flexibility index (Phi) is 10.0. The smallest absolute Gasteiger partial charge is 0.244 e. The number of nitrogens with zero attached hydrogens (tertiary/aromatic N) is 2. The van der Waals surface area contributed by atoms with Crippen molar-refractivity contribution in [2.75, 3.05) is 24.2 Å². The zero-order valence-electron chi connectivity index (χ0n) is 20.2. The van der Waals surface area contributed by atoms with Gasteiger partial charge in [-0.1, -0.05) is 87.7 Å². The summed E-state index contributed by atoms with van der Waals surface area (Å²) in [6, 6.07) is 20.3. The fraction of sp³-hybridized carbons (Fsp3) is 0.231. The molecule has 0 spiro atoms. The zero-order chi connectivity index (χ0) is 27.2. The average Bonchev–Trinajstić information content (AvgIpc) is 2.86. The van der Waals surface area contributed by atoms with Crippen LogP contribution in [0.25, 0.3) is 0 Å². The maximum Gasteiger partial charge on any atom is 0.244 e. The molecule has 3 rings (SSSR count). The molecule has 11 heteroatoms. The van der Waals surface area contributed by atoms with Crippen LogP contribution < -0.4 is 9.62 Å².